The van der Waals surface area contributed by atoms with E-state index >= 15 is 0 Å². The standard InChI is InChI=1S/C24H24BrClN2O5S/c1-32-22-4-3-5-23(33-2)21(22)14-27-24(29)16-28(15-17-6-8-18(25)9-7-17)34(30,31)20-12-10-19(26)11-13-20/h3-13H,14-16H2,1-2H3,(H,27,29). The molecule has 0 aliphatic heterocycles. The van der Waals surface area contributed by atoms with Crippen LogP contribution in [0.15, 0.2) is 76.1 Å². The van der Waals surface area contributed by atoms with Gasteiger partial charge in [0, 0.05) is 16.0 Å². The third kappa shape index (κ3) is 6.50. The van der Waals surface area contributed by atoms with Crippen molar-refractivity contribution in [3.63, 3.8) is 0 Å². The van der Waals surface area contributed by atoms with E-state index in [1.165, 1.54) is 38.5 Å². The zero-order valence-corrected chi connectivity index (χ0v) is 21.8. The van der Waals surface area contributed by atoms with Crippen LogP contribution in [0.2, 0.25) is 5.02 Å². The van der Waals surface area contributed by atoms with Gasteiger partial charge in [0.15, 0.2) is 0 Å². The fourth-order valence-corrected chi connectivity index (χ4v) is 5.05. The van der Waals surface area contributed by atoms with Gasteiger partial charge in [-0.25, -0.2) is 8.42 Å². The van der Waals surface area contributed by atoms with Crippen LogP contribution in [-0.2, 0) is 27.9 Å². The Morgan fingerprint density at radius 2 is 1.56 bits per heavy atom. The van der Waals surface area contributed by atoms with Crippen LogP contribution in [0.1, 0.15) is 11.1 Å². The molecule has 0 saturated carbocycles. The van der Waals surface area contributed by atoms with Crippen LogP contribution in [0.25, 0.3) is 0 Å². The van der Waals surface area contributed by atoms with Gasteiger partial charge in [-0.15, -0.1) is 0 Å². The van der Waals surface area contributed by atoms with Gasteiger partial charge >= 0.3 is 0 Å². The molecule has 0 atom stereocenters. The number of sulfonamides is 1. The Morgan fingerprint density at radius 3 is 2.12 bits per heavy atom. The van der Waals surface area contributed by atoms with Crippen molar-refractivity contribution < 1.29 is 22.7 Å². The predicted octanol–water partition coefficient (Wildman–Crippen LogP) is 4.63. The van der Waals surface area contributed by atoms with E-state index in [2.05, 4.69) is 21.2 Å². The highest BCUT2D eigenvalue weighted by atomic mass is 79.9. The van der Waals surface area contributed by atoms with Gasteiger partial charge < -0.3 is 14.8 Å². The molecule has 0 spiro atoms. The molecule has 1 amide bonds. The number of ether oxygens (including phenoxy) is 2. The van der Waals surface area contributed by atoms with Crippen LogP contribution in [0, 0.1) is 0 Å². The normalized spacial score (nSPS) is 11.3. The molecule has 0 heterocycles. The summed E-state index contributed by atoms with van der Waals surface area (Å²) in [4.78, 5) is 12.9. The molecule has 0 aromatic heterocycles. The second-order valence-corrected chi connectivity index (χ2v) is 10.6. The minimum Gasteiger partial charge on any atom is -0.496 e. The molecule has 7 nitrogen and oxygen atoms in total. The van der Waals surface area contributed by atoms with Crippen molar-refractivity contribution in [2.24, 2.45) is 0 Å². The summed E-state index contributed by atoms with van der Waals surface area (Å²) >= 11 is 9.29. The molecule has 0 aliphatic rings. The number of hydrogen-bond donors (Lipinski definition) is 1. The second kappa shape index (κ2) is 11.7. The third-order valence-corrected chi connectivity index (χ3v) is 7.62. The molecule has 3 rings (SSSR count). The highest BCUT2D eigenvalue weighted by Crippen LogP contribution is 2.28. The Hall–Kier alpha value is -2.59. The molecule has 180 valence electrons. The fraction of sp³-hybridized carbons (Fsp3) is 0.208. The molecule has 3 aromatic rings. The first kappa shape index (κ1) is 26.0. The zero-order chi connectivity index (χ0) is 24.7. The van der Waals surface area contributed by atoms with Gasteiger partial charge in [0.05, 0.1) is 37.8 Å². The lowest BCUT2D eigenvalue weighted by molar-refractivity contribution is -0.121. The molecule has 0 aliphatic carbocycles. The SMILES string of the molecule is COc1cccc(OC)c1CNC(=O)CN(Cc1ccc(Br)cc1)S(=O)(=O)c1ccc(Cl)cc1. The van der Waals surface area contributed by atoms with Gasteiger partial charge in [0.25, 0.3) is 0 Å². The zero-order valence-electron chi connectivity index (χ0n) is 18.6. The maximum absolute atomic E-state index is 13.4. The Morgan fingerprint density at radius 1 is 0.971 bits per heavy atom. The van der Waals surface area contributed by atoms with E-state index in [4.69, 9.17) is 21.1 Å². The average molecular weight is 568 g/mol. The largest absolute Gasteiger partial charge is 0.496 e. The monoisotopic (exact) mass is 566 g/mol. The maximum atomic E-state index is 13.4. The number of methoxy groups -OCH3 is 2. The second-order valence-electron chi connectivity index (χ2n) is 7.27. The first-order valence-corrected chi connectivity index (χ1v) is 12.8. The molecule has 0 bridgehead atoms. The lowest BCUT2D eigenvalue weighted by Gasteiger charge is -2.22. The lowest BCUT2D eigenvalue weighted by Crippen LogP contribution is -2.40. The number of hydrogen-bond acceptors (Lipinski definition) is 5. The van der Waals surface area contributed by atoms with E-state index in [9.17, 15) is 13.2 Å². The minimum atomic E-state index is -3.98. The van der Waals surface area contributed by atoms with Crippen molar-refractivity contribution in [1.82, 2.24) is 9.62 Å². The summed E-state index contributed by atoms with van der Waals surface area (Å²) in [6.45, 7) is -0.249. The third-order valence-electron chi connectivity index (χ3n) is 5.04. The van der Waals surface area contributed by atoms with Gasteiger partial charge in [-0.2, -0.15) is 4.31 Å². The van der Waals surface area contributed by atoms with Crippen molar-refractivity contribution in [2.75, 3.05) is 20.8 Å². The van der Waals surface area contributed by atoms with Crippen LogP contribution < -0.4 is 14.8 Å². The maximum Gasteiger partial charge on any atom is 0.243 e. The van der Waals surface area contributed by atoms with E-state index in [1.54, 1.807) is 30.3 Å². The Labute approximate surface area is 212 Å². The molecule has 0 radical (unpaired) electrons. The summed E-state index contributed by atoms with van der Waals surface area (Å²) in [6.07, 6.45) is 0. The highest BCUT2D eigenvalue weighted by Gasteiger charge is 2.27. The van der Waals surface area contributed by atoms with Gasteiger partial charge in [0.2, 0.25) is 15.9 Å². The molecule has 1 N–H and O–H groups in total. The molecule has 34 heavy (non-hydrogen) atoms. The van der Waals surface area contributed by atoms with E-state index in [0.717, 1.165) is 14.3 Å². The van der Waals surface area contributed by atoms with Gasteiger partial charge in [-0.05, 0) is 54.1 Å². The fourth-order valence-electron chi connectivity index (χ4n) is 3.28. The molecular weight excluding hydrogens is 544 g/mol. The smallest absolute Gasteiger partial charge is 0.243 e. The molecule has 10 heteroatoms. The Bertz CT molecular complexity index is 1210. The first-order chi connectivity index (χ1) is 16.2. The van der Waals surface area contributed by atoms with Crippen LogP contribution >= 0.6 is 27.5 Å². The van der Waals surface area contributed by atoms with E-state index < -0.39 is 15.9 Å². The molecule has 0 saturated heterocycles. The van der Waals surface area contributed by atoms with Crippen molar-refractivity contribution in [1.29, 1.82) is 0 Å². The van der Waals surface area contributed by atoms with Crippen molar-refractivity contribution in [3.8, 4) is 11.5 Å². The van der Waals surface area contributed by atoms with E-state index in [0.29, 0.717) is 22.1 Å². The van der Waals surface area contributed by atoms with Crippen molar-refractivity contribution in [2.45, 2.75) is 18.0 Å². The van der Waals surface area contributed by atoms with Gasteiger partial charge in [-0.1, -0.05) is 45.7 Å². The quantitative estimate of drug-likeness (QED) is 0.386. The highest BCUT2D eigenvalue weighted by molar-refractivity contribution is 9.10. The average Bonchev–Trinajstić information content (AvgIpc) is 2.83. The Kier molecular flexibility index (Phi) is 8.96. The summed E-state index contributed by atoms with van der Waals surface area (Å²) in [5.41, 5.74) is 1.39. The number of rotatable bonds is 10. The van der Waals surface area contributed by atoms with Gasteiger partial charge in [0.1, 0.15) is 11.5 Å². The van der Waals surface area contributed by atoms with Crippen LogP contribution in [0.3, 0.4) is 0 Å². The van der Waals surface area contributed by atoms with Crippen molar-refractivity contribution in [3.05, 3.63) is 87.4 Å². The summed E-state index contributed by atoms with van der Waals surface area (Å²) in [5.74, 6) is 0.642. The van der Waals surface area contributed by atoms with Gasteiger partial charge in [-0.3, -0.25) is 4.79 Å². The topological polar surface area (TPSA) is 84.9 Å². The lowest BCUT2D eigenvalue weighted by atomic mass is 10.1. The predicted molar refractivity (Wildman–Crippen MR) is 135 cm³/mol. The summed E-state index contributed by atoms with van der Waals surface area (Å²) in [7, 11) is -0.924. The number of carbonyl (C=O) groups excluding carboxylic acids is 1. The number of carbonyl (C=O) groups is 1. The summed E-state index contributed by atoms with van der Waals surface area (Å²) < 4.78 is 39.5. The number of benzene rings is 3. The first-order valence-electron chi connectivity index (χ1n) is 10.2. The number of halogens is 2. The number of amides is 1. The molecule has 3 aromatic carbocycles. The summed E-state index contributed by atoms with van der Waals surface area (Å²) in [6, 6.07) is 18.4. The molecule has 0 fully saturated rings. The Balaban J connectivity index is 1.83. The van der Waals surface area contributed by atoms with Crippen LogP contribution in [0.4, 0.5) is 0 Å². The van der Waals surface area contributed by atoms with Crippen molar-refractivity contribution >= 4 is 43.5 Å². The minimum absolute atomic E-state index is 0.0175. The number of nitrogens with one attached hydrogen (secondary N) is 1. The van der Waals surface area contributed by atoms with Crippen LogP contribution in [-0.4, -0.2) is 39.4 Å². The number of nitrogens with zero attached hydrogens (tertiary/aromatic N) is 1. The molecular formula is C24H24BrClN2O5S. The summed E-state index contributed by atoms with van der Waals surface area (Å²) in [5, 5.41) is 3.19. The molecule has 0 unspecified atom stereocenters. The van der Waals surface area contributed by atoms with E-state index in [-0.39, 0.29) is 24.5 Å². The van der Waals surface area contributed by atoms with Crippen LogP contribution in [0.5, 0.6) is 11.5 Å². The van der Waals surface area contributed by atoms with E-state index in [1.807, 2.05) is 12.1 Å².